The molecule has 12 heavy (non-hydrogen) atoms. The van der Waals surface area contributed by atoms with Gasteiger partial charge in [-0.1, -0.05) is 0 Å². The van der Waals surface area contributed by atoms with E-state index >= 15 is 0 Å². The Morgan fingerprint density at radius 3 is 2.50 bits per heavy atom. The molecule has 0 aromatic rings. The molecule has 2 nitrogen and oxygen atoms in total. The minimum Gasteiger partial charge on any atom is -0.311 e. The molecule has 0 bridgehead atoms. The highest BCUT2D eigenvalue weighted by Gasteiger charge is 2.21. The van der Waals surface area contributed by atoms with E-state index < -0.39 is 0 Å². The minimum atomic E-state index is 0.267. The zero-order valence-corrected chi connectivity index (χ0v) is 8.85. The first kappa shape index (κ1) is 10.0. The Labute approximate surface area is 76.3 Å². The van der Waals surface area contributed by atoms with Crippen molar-refractivity contribution in [1.29, 1.82) is 0 Å². The molecule has 1 fully saturated rings. The van der Waals surface area contributed by atoms with Crippen molar-refractivity contribution < 1.29 is 0 Å². The van der Waals surface area contributed by atoms with Crippen molar-refractivity contribution in [2.45, 2.75) is 45.2 Å². The summed E-state index contributed by atoms with van der Waals surface area (Å²) in [6.07, 6.45) is 2.73. The molecule has 1 aliphatic heterocycles. The van der Waals surface area contributed by atoms with Crippen LogP contribution in [0.4, 0.5) is 0 Å². The summed E-state index contributed by atoms with van der Waals surface area (Å²) in [6, 6.07) is 0.768. The summed E-state index contributed by atoms with van der Waals surface area (Å²) < 4.78 is 0. The van der Waals surface area contributed by atoms with Gasteiger partial charge in [0.1, 0.15) is 0 Å². The van der Waals surface area contributed by atoms with Gasteiger partial charge in [0.05, 0.1) is 0 Å². The van der Waals surface area contributed by atoms with E-state index in [-0.39, 0.29) is 5.54 Å². The van der Waals surface area contributed by atoms with Crippen LogP contribution in [0.2, 0.25) is 0 Å². The fraction of sp³-hybridized carbons (Fsp3) is 1.00. The van der Waals surface area contributed by atoms with Gasteiger partial charge in [0, 0.05) is 18.1 Å². The molecule has 1 atom stereocenters. The Kier molecular flexibility index (Phi) is 3.13. The van der Waals surface area contributed by atoms with Crippen molar-refractivity contribution in [3.8, 4) is 0 Å². The maximum atomic E-state index is 3.55. The molecule has 0 aromatic carbocycles. The number of likely N-dealkylation sites (N-methyl/N-ethyl adjacent to an activating group) is 1. The maximum absolute atomic E-state index is 3.55. The van der Waals surface area contributed by atoms with Gasteiger partial charge in [-0.05, 0) is 47.2 Å². The van der Waals surface area contributed by atoms with E-state index in [2.05, 4.69) is 38.0 Å². The molecule has 0 spiro atoms. The van der Waals surface area contributed by atoms with Crippen molar-refractivity contribution in [2.75, 3.05) is 20.1 Å². The van der Waals surface area contributed by atoms with Crippen LogP contribution in [-0.4, -0.2) is 36.6 Å². The molecule has 1 saturated heterocycles. The van der Waals surface area contributed by atoms with Crippen LogP contribution in [0.5, 0.6) is 0 Å². The summed E-state index contributed by atoms with van der Waals surface area (Å²) in [5, 5.41) is 3.55. The molecule has 0 radical (unpaired) electrons. The highest BCUT2D eigenvalue weighted by molar-refractivity contribution is 4.81. The molecule has 2 heteroatoms. The third-order valence-electron chi connectivity index (χ3n) is 2.54. The average Bonchev–Trinajstić information content (AvgIpc) is 2.29. The Morgan fingerprint density at radius 2 is 2.08 bits per heavy atom. The van der Waals surface area contributed by atoms with E-state index in [4.69, 9.17) is 0 Å². The first-order valence-electron chi connectivity index (χ1n) is 4.94. The van der Waals surface area contributed by atoms with Crippen molar-refractivity contribution in [1.82, 2.24) is 10.2 Å². The molecule has 72 valence electrons. The number of nitrogens with zero attached hydrogens (tertiary/aromatic N) is 1. The van der Waals surface area contributed by atoms with Gasteiger partial charge in [-0.25, -0.2) is 0 Å². The monoisotopic (exact) mass is 170 g/mol. The second-order valence-electron chi connectivity index (χ2n) is 4.91. The Bertz CT molecular complexity index is 137. The molecular weight excluding hydrogens is 148 g/mol. The van der Waals surface area contributed by atoms with Crippen LogP contribution in [0, 0.1) is 0 Å². The lowest BCUT2D eigenvalue weighted by Gasteiger charge is -2.26. The molecule has 0 saturated carbocycles. The first-order valence-corrected chi connectivity index (χ1v) is 4.94. The predicted octanol–water partition coefficient (Wildman–Crippen LogP) is 1.47. The second kappa shape index (κ2) is 3.75. The SMILES string of the molecule is CN1CCCC1CNC(C)(C)C. The Balaban J connectivity index is 2.23. The number of nitrogens with one attached hydrogen (secondary N) is 1. The fourth-order valence-electron chi connectivity index (χ4n) is 1.66. The van der Waals surface area contributed by atoms with Gasteiger partial charge >= 0.3 is 0 Å². The summed E-state index contributed by atoms with van der Waals surface area (Å²) in [6.45, 7) is 9.09. The average molecular weight is 170 g/mol. The molecule has 0 aliphatic carbocycles. The number of hydrogen-bond acceptors (Lipinski definition) is 2. The zero-order valence-electron chi connectivity index (χ0n) is 8.85. The molecule has 1 heterocycles. The van der Waals surface area contributed by atoms with Crippen molar-refractivity contribution >= 4 is 0 Å². The lowest BCUT2D eigenvalue weighted by atomic mass is 10.1. The summed E-state index contributed by atoms with van der Waals surface area (Å²) in [5.74, 6) is 0. The smallest absolute Gasteiger partial charge is 0.0218 e. The van der Waals surface area contributed by atoms with Gasteiger partial charge in [-0.2, -0.15) is 0 Å². The van der Waals surface area contributed by atoms with Gasteiger partial charge in [0.25, 0.3) is 0 Å². The highest BCUT2D eigenvalue weighted by atomic mass is 15.2. The number of hydrogen-bond donors (Lipinski definition) is 1. The van der Waals surface area contributed by atoms with E-state index in [1.807, 2.05) is 0 Å². The largest absolute Gasteiger partial charge is 0.311 e. The summed E-state index contributed by atoms with van der Waals surface area (Å²) in [4.78, 5) is 2.46. The predicted molar refractivity (Wildman–Crippen MR) is 53.4 cm³/mol. The van der Waals surface area contributed by atoms with E-state index in [0.717, 1.165) is 12.6 Å². The van der Waals surface area contributed by atoms with E-state index in [1.54, 1.807) is 0 Å². The topological polar surface area (TPSA) is 15.3 Å². The van der Waals surface area contributed by atoms with Crippen LogP contribution in [0.1, 0.15) is 33.6 Å². The lowest BCUT2D eigenvalue weighted by molar-refractivity contribution is 0.276. The fourth-order valence-corrected chi connectivity index (χ4v) is 1.66. The molecule has 0 aromatic heterocycles. The number of likely N-dealkylation sites (tertiary alicyclic amines) is 1. The van der Waals surface area contributed by atoms with Crippen molar-refractivity contribution in [3.05, 3.63) is 0 Å². The zero-order chi connectivity index (χ0) is 9.19. The summed E-state index contributed by atoms with van der Waals surface area (Å²) >= 11 is 0. The van der Waals surface area contributed by atoms with E-state index in [0.29, 0.717) is 0 Å². The quantitative estimate of drug-likeness (QED) is 0.675. The normalized spacial score (nSPS) is 26.5. The summed E-state index contributed by atoms with van der Waals surface area (Å²) in [7, 11) is 2.22. The third-order valence-corrected chi connectivity index (χ3v) is 2.54. The Hall–Kier alpha value is -0.0800. The highest BCUT2D eigenvalue weighted by Crippen LogP contribution is 2.14. The second-order valence-corrected chi connectivity index (χ2v) is 4.91. The minimum absolute atomic E-state index is 0.267. The van der Waals surface area contributed by atoms with Crippen LogP contribution in [0.15, 0.2) is 0 Å². The van der Waals surface area contributed by atoms with Crippen LogP contribution in [-0.2, 0) is 0 Å². The van der Waals surface area contributed by atoms with Gasteiger partial charge < -0.3 is 10.2 Å². The molecule has 0 amide bonds. The van der Waals surface area contributed by atoms with E-state index in [1.165, 1.54) is 19.4 Å². The van der Waals surface area contributed by atoms with Crippen LogP contribution < -0.4 is 5.32 Å². The van der Waals surface area contributed by atoms with Crippen LogP contribution >= 0.6 is 0 Å². The van der Waals surface area contributed by atoms with Gasteiger partial charge in [-0.15, -0.1) is 0 Å². The van der Waals surface area contributed by atoms with Crippen LogP contribution in [0.25, 0.3) is 0 Å². The molecule has 1 rings (SSSR count). The third kappa shape index (κ3) is 3.11. The van der Waals surface area contributed by atoms with Crippen molar-refractivity contribution in [3.63, 3.8) is 0 Å². The first-order chi connectivity index (χ1) is 5.49. The molecule has 1 unspecified atom stereocenters. The lowest BCUT2D eigenvalue weighted by Crippen LogP contribution is -2.44. The Morgan fingerprint density at radius 1 is 1.42 bits per heavy atom. The maximum Gasteiger partial charge on any atom is 0.0218 e. The molecular formula is C10H22N2. The molecule has 1 aliphatic rings. The van der Waals surface area contributed by atoms with Crippen LogP contribution in [0.3, 0.4) is 0 Å². The summed E-state index contributed by atoms with van der Waals surface area (Å²) in [5.41, 5.74) is 0.267. The number of rotatable bonds is 2. The van der Waals surface area contributed by atoms with E-state index in [9.17, 15) is 0 Å². The van der Waals surface area contributed by atoms with Gasteiger partial charge in [0.2, 0.25) is 0 Å². The molecule has 1 N–H and O–H groups in total. The standard InChI is InChI=1S/C10H22N2/c1-10(2,3)11-8-9-6-5-7-12(9)4/h9,11H,5-8H2,1-4H3. The van der Waals surface area contributed by atoms with Crippen molar-refractivity contribution in [2.24, 2.45) is 0 Å². The van der Waals surface area contributed by atoms with Gasteiger partial charge in [-0.3, -0.25) is 0 Å². The van der Waals surface area contributed by atoms with Gasteiger partial charge in [0.15, 0.2) is 0 Å².